The van der Waals surface area contributed by atoms with Crippen molar-refractivity contribution in [2.45, 2.75) is 70.6 Å². The Kier molecular flexibility index (Phi) is 8.19. The Morgan fingerprint density at radius 3 is 2.37 bits per heavy atom. The second-order valence-corrected chi connectivity index (χ2v) is 11.2. The second-order valence-electron chi connectivity index (χ2n) is 11.2. The van der Waals surface area contributed by atoms with Crippen molar-refractivity contribution in [3.63, 3.8) is 0 Å². The number of amides is 3. The smallest absolute Gasteiger partial charge is 0.409 e. The van der Waals surface area contributed by atoms with Crippen LogP contribution in [-0.2, 0) is 21.4 Å². The molecular weight excluding hydrogens is 482 g/mol. The van der Waals surface area contributed by atoms with Gasteiger partial charge in [0.15, 0.2) is 0 Å². The average molecular weight is 524 g/mol. The highest BCUT2D eigenvalue weighted by Gasteiger charge is 2.32. The Morgan fingerprint density at radius 2 is 1.71 bits per heavy atom. The molecule has 9 nitrogen and oxygen atoms in total. The molecule has 3 aliphatic rings. The van der Waals surface area contributed by atoms with Crippen LogP contribution in [0.15, 0.2) is 18.2 Å². The van der Waals surface area contributed by atoms with Crippen LogP contribution in [0, 0.1) is 11.8 Å². The quantitative estimate of drug-likeness (QED) is 0.542. The summed E-state index contributed by atoms with van der Waals surface area (Å²) in [6.45, 7) is 6.09. The summed E-state index contributed by atoms with van der Waals surface area (Å²) in [5, 5.41) is 8.13. The normalized spacial score (nSPS) is 21.7. The van der Waals surface area contributed by atoms with Crippen LogP contribution in [0.3, 0.4) is 0 Å². The van der Waals surface area contributed by atoms with Gasteiger partial charge in [0.25, 0.3) is 0 Å². The SMILES string of the molecule is CCOC(=O)N1CCC(CCCC2CCN(c3ccc4c(C5CCC(=O)NC5=O)nn(C)c4c3)CC2)CC1. The van der Waals surface area contributed by atoms with E-state index in [0.29, 0.717) is 19.4 Å². The number of piperidine rings is 3. The predicted molar refractivity (Wildman–Crippen MR) is 146 cm³/mol. The molecule has 1 unspecified atom stereocenters. The maximum atomic E-state index is 12.4. The zero-order valence-corrected chi connectivity index (χ0v) is 22.8. The number of likely N-dealkylation sites (tertiary alicyclic amines) is 1. The van der Waals surface area contributed by atoms with Crippen LogP contribution in [0.4, 0.5) is 10.5 Å². The molecule has 5 rings (SSSR count). The Balaban J connectivity index is 1.09. The minimum atomic E-state index is -0.372. The Morgan fingerprint density at radius 1 is 1.03 bits per heavy atom. The third-order valence-corrected chi connectivity index (χ3v) is 8.78. The first-order valence-corrected chi connectivity index (χ1v) is 14.4. The second kappa shape index (κ2) is 11.7. The van der Waals surface area contributed by atoms with Gasteiger partial charge in [-0.2, -0.15) is 5.10 Å². The molecule has 3 fully saturated rings. The van der Waals surface area contributed by atoms with Crippen molar-refractivity contribution in [1.82, 2.24) is 20.0 Å². The number of anilines is 1. The standard InChI is InChI=1S/C29H41N5O4/c1-3-38-29(37)34-17-13-21(14-18-34)6-4-5-20-11-15-33(16-12-20)22-7-8-23-25(19-22)32(2)31-27(23)24-9-10-26(35)30-28(24)36/h7-8,19-21,24H,3-6,9-18H2,1-2H3,(H,30,35,36). The number of rotatable bonds is 7. The van der Waals surface area contributed by atoms with Crippen LogP contribution in [0.25, 0.3) is 10.9 Å². The molecule has 0 bridgehead atoms. The molecule has 206 valence electrons. The number of aryl methyl sites for hydroxylation is 1. The number of ether oxygens (including phenoxy) is 1. The van der Waals surface area contributed by atoms with Gasteiger partial charge in [-0.15, -0.1) is 0 Å². The van der Waals surface area contributed by atoms with Crippen molar-refractivity contribution in [2.75, 3.05) is 37.7 Å². The summed E-state index contributed by atoms with van der Waals surface area (Å²) in [4.78, 5) is 40.2. The number of imide groups is 1. The largest absolute Gasteiger partial charge is 0.450 e. The van der Waals surface area contributed by atoms with Crippen LogP contribution < -0.4 is 10.2 Å². The van der Waals surface area contributed by atoms with Crippen LogP contribution >= 0.6 is 0 Å². The monoisotopic (exact) mass is 523 g/mol. The number of carbonyl (C=O) groups is 3. The van der Waals surface area contributed by atoms with Crippen LogP contribution in [0.5, 0.6) is 0 Å². The molecule has 3 aliphatic heterocycles. The molecule has 38 heavy (non-hydrogen) atoms. The molecular formula is C29H41N5O4. The van der Waals surface area contributed by atoms with Gasteiger partial charge in [0, 0.05) is 50.7 Å². The van der Waals surface area contributed by atoms with E-state index in [-0.39, 0.29) is 23.8 Å². The van der Waals surface area contributed by atoms with E-state index < -0.39 is 0 Å². The van der Waals surface area contributed by atoms with Gasteiger partial charge in [-0.05, 0) is 69.1 Å². The molecule has 0 spiro atoms. The zero-order valence-electron chi connectivity index (χ0n) is 22.8. The molecule has 2 aromatic rings. The van der Waals surface area contributed by atoms with Crippen molar-refractivity contribution in [3.05, 3.63) is 23.9 Å². The third kappa shape index (κ3) is 5.81. The fourth-order valence-electron chi connectivity index (χ4n) is 6.48. The molecule has 0 aliphatic carbocycles. The molecule has 9 heteroatoms. The average Bonchev–Trinajstić information content (AvgIpc) is 3.25. The Bertz CT molecular complexity index is 1160. The maximum absolute atomic E-state index is 12.4. The van der Waals surface area contributed by atoms with E-state index in [9.17, 15) is 14.4 Å². The van der Waals surface area contributed by atoms with Crippen LogP contribution in [0.1, 0.15) is 76.3 Å². The summed E-state index contributed by atoms with van der Waals surface area (Å²) < 4.78 is 6.99. The van der Waals surface area contributed by atoms with E-state index >= 15 is 0 Å². The minimum absolute atomic E-state index is 0.157. The number of benzene rings is 1. The fraction of sp³-hybridized carbons (Fsp3) is 0.655. The lowest BCUT2D eigenvalue weighted by Crippen LogP contribution is -2.39. The van der Waals surface area contributed by atoms with E-state index in [1.54, 1.807) is 0 Å². The van der Waals surface area contributed by atoms with Gasteiger partial charge in [-0.25, -0.2) is 4.79 Å². The predicted octanol–water partition coefficient (Wildman–Crippen LogP) is 4.35. The molecule has 1 atom stereocenters. The van der Waals surface area contributed by atoms with E-state index in [1.807, 2.05) is 23.6 Å². The lowest BCUT2D eigenvalue weighted by molar-refractivity contribution is -0.134. The molecule has 0 saturated carbocycles. The Labute approximate surface area is 224 Å². The first-order chi connectivity index (χ1) is 18.4. The summed E-state index contributed by atoms with van der Waals surface area (Å²) in [6.07, 6.45) is 9.17. The summed E-state index contributed by atoms with van der Waals surface area (Å²) in [7, 11) is 1.93. The fourth-order valence-corrected chi connectivity index (χ4v) is 6.48. The number of fused-ring (bicyclic) bond motifs is 1. The summed E-state index contributed by atoms with van der Waals surface area (Å²) >= 11 is 0. The number of hydrogen-bond acceptors (Lipinski definition) is 6. The van der Waals surface area contributed by atoms with E-state index in [0.717, 1.165) is 67.5 Å². The zero-order chi connectivity index (χ0) is 26.6. The molecule has 3 saturated heterocycles. The van der Waals surface area contributed by atoms with Crippen LogP contribution in [-0.4, -0.2) is 65.4 Å². The van der Waals surface area contributed by atoms with Gasteiger partial charge in [-0.1, -0.05) is 19.3 Å². The number of nitrogens with one attached hydrogen (secondary N) is 1. The molecule has 1 aromatic heterocycles. The first-order valence-electron chi connectivity index (χ1n) is 14.4. The van der Waals surface area contributed by atoms with Gasteiger partial charge in [0.05, 0.1) is 23.7 Å². The van der Waals surface area contributed by atoms with Gasteiger partial charge in [0.1, 0.15) is 0 Å². The molecule has 1 N–H and O–H groups in total. The molecule has 1 aromatic carbocycles. The summed E-state index contributed by atoms with van der Waals surface area (Å²) in [6, 6.07) is 6.44. The van der Waals surface area contributed by atoms with Gasteiger partial charge >= 0.3 is 6.09 Å². The number of hydrogen-bond donors (Lipinski definition) is 1. The van der Waals surface area contributed by atoms with Crippen molar-refractivity contribution in [1.29, 1.82) is 0 Å². The van der Waals surface area contributed by atoms with E-state index in [4.69, 9.17) is 4.74 Å². The molecule has 0 radical (unpaired) electrons. The van der Waals surface area contributed by atoms with Crippen molar-refractivity contribution in [2.24, 2.45) is 18.9 Å². The maximum Gasteiger partial charge on any atom is 0.409 e. The lowest BCUT2D eigenvalue weighted by Gasteiger charge is -2.34. The lowest BCUT2D eigenvalue weighted by atomic mass is 9.87. The number of nitrogens with zero attached hydrogens (tertiary/aromatic N) is 4. The highest BCUT2D eigenvalue weighted by atomic mass is 16.6. The number of aromatic nitrogens is 2. The highest BCUT2D eigenvalue weighted by molar-refractivity contribution is 6.02. The summed E-state index contributed by atoms with van der Waals surface area (Å²) in [5.41, 5.74) is 3.00. The van der Waals surface area contributed by atoms with Gasteiger partial charge in [0.2, 0.25) is 11.8 Å². The number of carbonyl (C=O) groups excluding carboxylic acids is 3. The summed E-state index contributed by atoms with van der Waals surface area (Å²) in [5.74, 6) is 0.702. The van der Waals surface area contributed by atoms with Gasteiger partial charge < -0.3 is 14.5 Å². The first kappa shape index (κ1) is 26.5. The van der Waals surface area contributed by atoms with E-state index in [1.165, 1.54) is 37.8 Å². The van der Waals surface area contributed by atoms with Crippen molar-refractivity contribution in [3.8, 4) is 0 Å². The minimum Gasteiger partial charge on any atom is -0.450 e. The molecule has 4 heterocycles. The molecule has 3 amide bonds. The third-order valence-electron chi connectivity index (χ3n) is 8.78. The van der Waals surface area contributed by atoms with Crippen molar-refractivity contribution < 1.29 is 19.1 Å². The Hall–Kier alpha value is -3.10. The van der Waals surface area contributed by atoms with Crippen molar-refractivity contribution >= 4 is 34.5 Å². The highest BCUT2D eigenvalue weighted by Crippen LogP contribution is 2.34. The topological polar surface area (TPSA) is 96.8 Å². The van der Waals surface area contributed by atoms with Crippen LogP contribution in [0.2, 0.25) is 0 Å². The van der Waals surface area contributed by atoms with E-state index in [2.05, 4.69) is 33.5 Å². The van der Waals surface area contributed by atoms with Gasteiger partial charge in [-0.3, -0.25) is 19.6 Å².